The van der Waals surface area contributed by atoms with Gasteiger partial charge < -0.3 is 9.09 Å². The lowest BCUT2D eigenvalue weighted by Gasteiger charge is -2.27. The molecular formula is C20H20N6O3. The van der Waals surface area contributed by atoms with Gasteiger partial charge in [0.1, 0.15) is 17.8 Å². The van der Waals surface area contributed by atoms with Crippen molar-refractivity contribution in [1.29, 1.82) is 0 Å². The maximum absolute atomic E-state index is 12.6. The molecule has 0 N–H and O–H groups in total. The molecule has 5 rings (SSSR count). The van der Waals surface area contributed by atoms with Gasteiger partial charge in [0.15, 0.2) is 11.2 Å². The second-order valence-electron chi connectivity index (χ2n) is 7.31. The highest BCUT2D eigenvalue weighted by molar-refractivity contribution is 5.71. The first-order valence-electron chi connectivity index (χ1n) is 9.40. The molecule has 29 heavy (non-hydrogen) atoms. The highest BCUT2D eigenvalue weighted by Gasteiger charge is 2.25. The number of hydrogen-bond donors (Lipinski definition) is 0. The van der Waals surface area contributed by atoms with Crippen LogP contribution in [0.4, 0.5) is 0 Å². The van der Waals surface area contributed by atoms with Gasteiger partial charge in [-0.05, 0) is 5.56 Å². The van der Waals surface area contributed by atoms with E-state index in [9.17, 15) is 9.59 Å². The molecule has 9 nitrogen and oxygen atoms in total. The zero-order chi connectivity index (χ0) is 20.1. The van der Waals surface area contributed by atoms with E-state index in [1.165, 1.54) is 11.6 Å². The van der Waals surface area contributed by atoms with E-state index in [4.69, 9.17) is 4.52 Å². The Morgan fingerprint density at radius 2 is 1.86 bits per heavy atom. The lowest BCUT2D eigenvalue weighted by Crippen LogP contribution is -2.38. The van der Waals surface area contributed by atoms with Crippen LogP contribution in [0.1, 0.15) is 11.5 Å². The van der Waals surface area contributed by atoms with E-state index >= 15 is 0 Å². The van der Waals surface area contributed by atoms with E-state index in [2.05, 4.69) is 15.0 Å². The molecule has 0 radical (unpaired) electrons. The van der Waals surface area contributed by atoms with Gasteiger partial charge >= 0.3 is 5.69 Å². The highest BCUT2D eigenvalue weighted by Crippen LogP contribution is 2.25. The molecule has 0 spiro atoms. The van der Waals surface area contributed by atoms with E-state index in [-0.39, 0.29) is 11.2 Å². The molecule has 0 aliphatic carbocycles. The Labute approximate surface area is 165 Å². The van der Waals surface area contributed by atoms with Crippen LogP contribution in [-0.4, -0.2) is 35.3 Å². The van der Waals surface area contributed by atoms with Gasteiger partial charge in [-0.3, -0.25) is 18.8 Å². The average molecular weight is 392 g/mol. The van der Waals surface area contributed by atoms with Crippen LogP contribution in [0.25, 0.3) is 22.3 Å². The van der Waals surface area contributed by atoms with E-state index in [0.717, 1.165) is 33.8 Å². The Morgan fingerprint density at radius 3 is 2.66 bits per heavy atom. The summed E-state index contributed by atoms with van der Waals surface area (Å²) in [7, 11) is 3.14. The van der Waals surface area contributed by atoms with Gasteiger partial charge in [-0.2, -0.15) is 0 Å². The molecule has 0 saturated heterocycles. The fourth-order valence-corrected chi connectivity index (χ4v) is 3.95. The van der Waals surface area contributed by atoms with Crippen LogP contribution in [0.5, 0.6) is 0 Å². The van der Waals surface area contributed by atoms with E-state index < -0.39 is 0 Å². The van der Waals surface area contributed by atoms with Crippen LogP contribution in [0.2, 0.25) is 0 Å². The van der Waals surface area contributed by atoms with Crippen molar-refractivity contribution < 1.29 is 4.52 Å². The van der Waals surface area contributed by atoms with E-state index in [1.54, 1.807) is 13.3 Å². The molecule has 148 valence electrons. The first-order chi connectivity index (χ1) is 14.0. The Bertz CT molecular complexity index is 1330. The minimum Gasteiger partial charge on any atom is -0.364 e. The molecule has 3 aromatic heterocycles. The van der Waals surface area contributed by atoms with Crippen LogP contribution in [-0.2, 0) is 33.7 Å². The van der Waals surface area contributed by atoms with E-state index in [0.29, 0.717) is 30.8 Å². The lowest BCUT2D eigenvalue weighted by atomic mass is 10.1. The molecule has 4 heterocycles. The quantitative estimate of drug-likeness (QED) is 0.519. The van der Waals surface area contributed by atoms with Crippen molar-refractivity contribution in [2.75, 3.05) is 6.54 Å². The molecule has 0 saturated carbocycles. The highest BCUT2D eigenvalue weighted by atomic mass is 16.5. The predicted octanol–water partition coefficient (Wildman–Crippen LogP) is 1.10. The summed E-state index contributed by atoms with van der Waals surface area (Å²) < 4.78 is 9.72. The molecule has 0 amide bonds. The van der Waals surface area contributed by atoms with Crippen LogP contribution < -0.4 is 11.2 Å². The standard InChI is InChI=1S/C20H20N6O3/c1-23-18-17(19(27)24(2)20(23)28)26-9-8-25(11-16(26)21-18)10-15-14(12-29-22-15)13-6-4-3-5-7-13/h3-7,12H,8-11H2,1-2H3. The van der Waals surface area contributed by atoms with Gasteiger partial charge in [0, 0.05) is 39.3 Å². The SMILES string of the molecule is Cn1c(=O)c2c(nc3n2CCN(Cc2nocc2-c2ccccc2)C3)n(C)c1=O. The summed E-state index contributed by atoms with van der Waals surface area (Å²) in [5, 5.41) is 4.19. The fourth-order valence-electron chi connectivity index (χ4n) is 3.95. The minimum atomic E-state index is -0.370. The van der Waals surface area contributed by atoms with Gasteiger partial charge in [0.05, 0.1) is 6.54 Å². The van der Waals surface area contributed by atoms with Crippen molar-refractivity contribution in [3.05, 3.63) is 69.0 Å². The first-order valence-corrected chi connectivity index (χ1v) is 9.40. The number of benzene rings is 1. The van der Waals surface area contributed by atoms with Gasteiger partial charge in [0.2, 0.25) is 0 Å². The summed E-state index contributed by atoms with van der Waals surface area (Å²) in [6.45, 7) is 2.54. The second-order valence-corrected chi connectivity index (χ2v) is 7.31. The van der Waals surface area contributed by atoms with Crippen molar-refractivity contribution in [3.8, 4) is 11.1 Å². The van der Waals surface area contributed by atoms with Crippen molar-refractivity contribution in [1.82, 2.24) is 28.7 Å². The maximum atomic E-state index is 12.6. The van der Waals surface area contributed by atoms with Crippen LogP contribution in [0.15, 0.2) is 50.7 Å². The number of nitrogens with zero attached hydrogens (tertiary/aromatic N) is 6. The lowest BCUT2D eigenvalue weighted by molar-refractivity contribution is 0.205. The second kappa shape index (κ2) is 6.56. The molecular weight excluding hydrogens is 372 g/mol. The number of fused-ring (bicyclic) bond motifs is 3. The topological polar surface area (TPSA) is 91.1 Å². The van der Waals surface area contributed by atoms with Crippen LogP contribution in [0, 0.1) is 0 Å². The van der Waals surface area contributed by atoms with Gasteiger partial charge in [-0.1, -0.05) is 35.5 Å². The number of hydrogen-bond acceptors (Lipinski definition) is 6. The zero-order valence-corrected chi connectivity index (χ0v) is 16.2. The maximum Gasteiger partial charge on any atom is 0.332 e. The molecule has 1 aliphatic heterocycles. The summed E-state index contributed by atoms with van der Waals surface area (Å²) in [4.78, 5) is 31.7. The third-order valence-corrected chi connectivity index (χ3v) is 5.53. The minimum absolute atomic E-state index is 0.307. The number of aromatic nitrogens is 5. The summed E-state index contributed by atoms with van der Waals surface area (Å²) in [6, 6.07) is 10.0. The van der Waals surface area contributed by atoms with Crippen molar-refractivity contribution in [2.24, 2.45) is 14.1 Å². The average Bonchev–Trinajstić information content (AvgIpc) is 3.35. The summed E-state index contributed by atoms with van der Waals surface area (Å²) in [6.07, 6.45) is 1.67. The number of rotatable bonds is 3. The monoisotopic (exact) mass is 392 g/mol. The van der Waals surface area contributed by atoms with Crippen LogP contribution >= 0.6 is 0 Å². The van der Waals surface area contributed by atoms with Gasteiger partial charge in [-0.15, -0.1) is 0 Å². The van der Waals surface area contributed by atoms with Crippen molar-refractivity contribution >= 4 is 11.2 Å². The molecule has 0 bridgehead atoms. The largest absolute Gasteiger partial charge is 0.364 e. The van der Waals surface area contributed by atoms with Gasteiger partial charge in [-0.25, -0.2) is 9.78 Å². The molecule has 1 aromatic carbocycles. The first kappa shape index (κ1) is 17.6. The van der Waals surface area contributed by atoms with Crippen molar-refractivity contribution in [2.45, 2.75) is 19.6 Å². The number of aryl methyl sites for hydroxylation is 1. The molecule has 0 fully saturated rings. The Balaban J connectivity index is 1.48. The smallest absolute Gasteiger partial charge is 0.332 e. The third kappa shape index (κ3) is 2.73. The Kier molecular flexibility index (Phi) is 3.99. The summed E-state index contributed by atoms with van der Waals surface area (Å²) in [5.74, 6) is 0.773. The Hall–Kier alpha value is -3.46. The summed E-state index contributed by atoms with van der Waals surface area (Å²) in [5.41, 5.74) is 3.14. The summed E-state index contributed by atoms with van der Waals surface area (Å²) >= 11 is 0. The molecule has 1 aliphatic rings. The fraction of sp³-hybridized carbons (Fsp3) is 0.300. The molecule has 4 aromatic rings. The normalized spacial score (nSPS) is 14.4. The zero-order valence-electron chi connectivity index (χ0n) is 16.2. The van der Waals surface area contributed by atoms with E-state index in [1.807, 2.05) is 34.9 Å². The van der Waals surface area contributed by atoms with Gasteiger partial charge in [0.25, 0.3) is 5.56 Å². The molecule has 0 unspecified atom stereocenters. The number of imidazole rings is 1. The third-order valence-electron chi connectivity index (χ3n) is 5.53. The Morgan fingerprint density at radius 1 is 1.07 bits per heavy atom. The predicted molar refractivity (Wildman–Crippen MR) is 106 cm³/mol. The van der Waals surface area contributed by atoms with Crippen molar-refractivity contribution in [3.63, 3.8) is 0 Å². The van der Waals surface area contributed by atoms with Crippen LogP contribution in [0.3, 0.4) is 0 Å². The molecule has 0 atom stereocenters. The molecule has 9 heteroatoms.